The molecule has 1 aromatic heterocycles. The smallest absolute Gasteiger partial charge is 0.344 e. The molecule has 3 rings (SSSR count). The lowest BCUT2D eigenvalue weighted by Crippen LogP contribution is -2.22. The number of halogens is 3. The Hall–Kier alpha value is -2.52. The van der Waals surface area contributed by atoms with Crippen molar-refractivity contribution in [1.82, 2.24) is 4.98 Å². The first-order valence-corrected chi connectivity index (χ1v) is 10.7. The summed E-state index contributed by atoms with van der Waals surface area (Å²) in [5.74, 6) is -3.18. The Labute approximate surface area is 179 Å². The summed E-state index contributed by atoms with van der Waals surface area (Å²) in [5.41, 5.74) is 0.123. The van der Waals surface area contributed by atoms with E-state index in [9.17, 15) is 18.0 Å². The third-order valence-electron chi connectivity index (χ3n) is 4.37. The molecule has 4 nitrogen and oxygen atoms in total. The average Bonchev–Trinajstić information content (AvgIpc) is 3.08. The van der Waals surface area contributed by atoms with Crippen LogP contribution in [-0.4, -0.2) is 22.2 Å². The van der Waals surface area contributed by atoms with Crippen molar-refractivity contribution in [2.24, 2.45) is 0 Å². The molecule has 0 saturated carbocycles. The van der Waals surface area contributed by atoms with E-state index in [2.05, 4.69) is 4.98 Å². The maximum atomic E-state index is 14.3. The molecule has 3 aromatic rings. The fourth-order valence-electron chi connectivity index (χ4n) is 2.54. The first-order valence-electron chi connectivity index (χ1n) is 8.90. The topological polar surface area (TPSA) is 59.4 Å². The molecule has 0 radical (unpaired) electrons. The zero-order chi connectivity index (χ0) is 22.0. The van der Waals surface area contributed by atoms with Crippen LogP contribution >= 0.6 is 23.1 Å². The van der Waals surface area contributed by atoms with E-state index in [1.165, 1.54) is 36.9 Å². The van der Waals surface area contributed by atoms with Crippen LogP contribution in [-0.2, 0) is 10.5 Å². The minimum atomic E-state index is -1.20. The van der Waals surface area contributed by atoms with Crippen LogP contribution in [0, 0.1) is 31.3 Å². The lowest BCUT2D eigenvalue weighted by Gasteiger charge is -2.10. The van der Waals surface area contributed by atoms with Crippen molar-refractivity contribution in [3.63, 3.8) is 0 Å². The zero-order valence-electron chi connectivity index (χ0n) is 16.3. The van der Waals surface area contributed by atoms with Gasteiger partial charge in [-0.3, -0.25) is 0 Å². The van der Waals surface area contributed by atoms with Gasteiger partial charge in [-0.25, -0.2) is 22.9 Å². The van der Waals surface area contributed by atoms with Crippen LogP contribution < -0.4 is 4.74 Å². The van der Waals surface area contributed by atoms with Crippen molar-refractivity contribution in [2.45, 2.75) is 37.5 Å². The number of nitrogens with zero attached hydrogens (tertiary/aromatic N) is 1. The molecule has 1 N–H and O–H groups in total. The van der Waals surface area contributed by atoms with Gasteiger partial charge in [-0.1, -0.05) is 0 Å². The minimum absolute atomic E-state index is 0.186. The van der Waals surface area contributed by atoms with E-state index in [4.69, 9.17) is 9.84 Å². The molecule has 30 heavy (non-hydrogen) atoms. The monoisotopic (exact) mass is 453 g/mol. The second-order valence-corrected chi connectivity index (χ2v) is 8.68. The van der Waals surface area contributed by atoms with Crippen molar-refractivity contribution >= 4 is 29.1 Å². The van der Waals surface area contributed by atoms with Crippen molar-refractivity contribution in [3.05, 3.63) is 63.9 Å². The molecule has 0 amide bonds. The largest absolute Gasteiger partial charge is 0.479 e. The Morgan fingerprint density at radius 1 is 1.20 bits per heavy atom. The number of benzene rings is 2. The van der Waals surface area contributed by atoms with Gasteiger partial charge in [0.1, 0.15) is 16.6 Å². The summed E-state index contributed by atoms with van der Waals surface area (Å²) in [5, 5.41) is 9.11. The van der Waals surface area contributed by atoms with Gasteiger partial charge < -0.3 is 9.84 Å². The fraction of sp³-hybridized carbons (Fsp3) is 0.238. The quantitative estimate of drug-likeness (QED) is 0.352. The summed E-state index contributed by atoms with van der Waals surface area (Å²) < 4.78 is 47.3. The third kappa shape index (κ3) is 4.79. The molecule has 2 aromatic carbocycles. The van der Waals surface area contributed by atoms with Crippen LogP contribution in [0.3, 0.4) is 0 Å². The number of hydrogen-bond acceptors (Lipinski definition) is 5. The Morgan fingerprint density at radius 3 is 2.50 bits per heavy atom. The number of thiazole rings is 1. The molecular weight excluding hydrogens is 435 g/mol. The Balaban J connectivity index is 1.72. The average molecular weight is 454 g/mol. The van der Waals surface area contributed by atoms with E-state index < -0.39 is 29.5 Å². The number of hydrogen-bond donors (Lipinski definition) is 1. The molecule has 0 spiro atoms. The van der Waals surface area contributed by atoms with Gasteiger partial charge in [0.25, 0.3) is 0 Å². The second kappa shape index (κ2) is 9.09. The predicted octanol–water partition coefficient (Wildman–Crippen LogP) is 5.99. The highest BCUT2D eigenvalue weighted by Gasteiger charge is 2.20. The Morgan fingerprint density at radius 2 is 1.87 bits per heavy atom. The predicted molar refractivity (Wildman–Crippen MR) is 111 cm³/mol. The summed E-state index contributed by atoms with van der Waals surface area (Å²) in [6.07, 6.45) is -0.946. The summed E-state index contributed by atoms with van der Waals surface area (Å²) in [4.78, 5) is 16.9. The molecule has 1 heterocycles. The SMILES string of the molecule is Cc1nc(-c2cc(F)c(C)c(F)c2F)sc1CSc1ccc(OC(C)C(=O)O)cc1. The highest BCUT2D eigenvalue weighted by molar-refractivity contribution is 7.98. The van der Waals surface area contributed by atoms with Gasteiger partial charge >= 0.3 is 5.97 Å². The van der Waals surface area contributed by atoms with E-state index >= 15 is 0 Å². The second-order valence-electron chi connectivity index (χ2n) is 6.54. The number of ether oxygens (including phenoxy) is 1. The molecule has 0 bridgehead atoms. The van der Waals surface area contributed by atoms with E-state index in [-0.39, 0.29) is 16.1 Å². The normalized spacial score (nSPS) is 12.1. The summed E-state index contributed by atoms with van der Waals surface area (Å²) in [6.45, 7) is 4.40. The minimum Gasteiger partial charge on any atom is -0.479 e. The van der Waals surface area contributed by atoms with Gasteiger partial charge in [0, 0.05) is 21.1 Å². The molecule has 0 aliphatic carbocycles. The molecule has 1 unspecified atom stereocenters. The zero-order valence-corrected chi connectivity index (χ0v) is 18.0. The van der Waals surface area contributed by atoms with Gasteiger partial charge in [0.2, 0.25) is 0 Å². The van der Waals surface area contributed by atoms with Gasteiger partial charge in [-0.05, 0) is 51.1 Å². The van der Waals surface area contributed by atoms with E-state index in [1.807, 2.05) is 0 Å². The van der Waals surface area contributed by atoms with Crippen LogP contribution in [0.1, 0.15) is 23.1 Å². The number of carboxylic acid groups (broad SMARTS) is 1. The summed E-state index contributed by atoms with van der Waals surface area (Å²) in [7, 11) is 0. The molecule has 1 atom stereocenters. The molecular formula is C21H18F3NO3S2. The molecule has 0 fully saturated rings. The van der Waals surface area contributed by atoms with Crippen LogP contribution in [0.4, 0.5) is 13.2 Å². The molecule has 0 saturated heterocycles. The number of rotatable bonds is 7. The number of carboxylic acids is 1. The van der Waals surface area contributed by atoms with Crippen LogP contribution in [0.15, 0.2) is 35.2 Å². The van der Waals surface area contributed by atoms with Crippen molar-refractivity contribution < 1.29 is 27.8 Å². The standard InChI is InChI=1S/C21H18F3NO3S2/c1-10-16(22)8-15(19(24)18(10)23)20-25-11(2)17(30-20)9-29-14-6-4-13(5-7-14)28-12(3)21(26)27/h4-8,12H,9H2,1-3H3,(H,26,27). The van der Waals surface area contributed by atoms with Crippen LogP contribution in [0.2, 0.25) is 0 Å². The van der Waals surface area contributed by atoms with E-state index in [1.54, 1.807) is 31.2 Å². The van der Waals surface area contributed by atoms with Crippen molar-refractivity contribution in [2.75, 3.05) is 0 Å². The van der Waals surface area contributed by atoms with E-state index in [0.29, 0.717) is 17.2 Å². The van der Waals surface area contributed by atoms with Gasteiger partial charge in [-0.2, -0.15) is 0 Å². The van der Waals surface area contributed by atoms with Gasteiger partial charge in [-0.15, -0.1) is 23.1 Å². The van der Waals surface area contributed by atoms with Gasteiger partial charge in [0.05, 0.1) is 11.3 Å². The summed E-state index contributed by atoms with van der Waals surface area (Å²) in [6, 6.07) is 7.94. The first-order chi connectivity index (χ1) is 14.2. The molecule has 158 valence electrons. The lowest BCUT2D eigenvalue weighted by atomic mass is 10.1. The van der Waals surface area contributed by atoms with Crippen LogP contribution in [0.25, 0.3) is 10.6 Å². The molecule has 9 heteroatoms. The third-order valence-corrected chi connectivity index (χ3v) is 6.78. The van der Waals surface area contributed by atoms with Gasteiger partial charge in [0.15, 0.2) is 17.7 Å². The maximum absolute atomic E-state index is 14.3. The Bertz CT molecular complexity index is 1080. The van der Waals surface area contributed by atoms with Crippen molar-refractivity contribution in [1.29, 1.82) is 0 Å². The first kappa shape index (κ1) is 22.2. The summed E-state index contributed by atoms with van der Waals surface area (Å²) >= 11 is 2.69. The lowest BCUT2D eigenvalue weighted by molar-refractivity contribution is -0.144. The fourth-order valence-corrected chi connectivity index (χ4v) is 4.65. The number of aromatic nitrogens is 1. The number of carbonyl (C=O) groups is 1. The molecule has 0 aliphatic rings. The van der Waals surface area contributed by atoms with Crippen molar-refractivity contribution in [3.8, 4) is 16.3 Å². The number of aliphatic carboxylic acids is 1. The maximum Gasteiger partial charge on any atom is 0.344 e. The molecule has 0 aliphatic heterocycles. The highest BCUT2D eigenvalue weighted by Crippen LogP contribution is 2.35. The Kier molecular flexibility index (Phi) is 6.72. The van der Waals surface area contributed by atoms with E-state index in [0.717, 1.165) is 15.8 Å². The number of thioether (sulfide) groups is 1. The number of aryl methyl sites for hydroxylation is 1. The highest BCUT2D eigenvalue weighted by atomic mass is 32.2. The van der Waals surface area contributed by atoms with Crippen LogP contribution in [0.5, 0.6) is 5.75 Å².